The zero-order valence-electron chi connectivity index (χ0n) is 9.05. The Morgan fingerprint density at radius 3 is 2.44 bits per heavy atom. The topological polar surface area (TPSA) is 32.3 Å². The van der Waals surface area contributed by atoms with Crippen molar-refractivity contribution < 1.29 is 18.0 Å². The van der Waals surface area contributed by atoms with Crippen LogP contribution >= 0.6 is 0 Å². The average molecular weight is 236 g/mol. The third kappa shape index (κ3) is 1.79. The van der Waals surface area contributed by atoms with Crippen molar-refractivity contribution in [2.24, 2.45) is 0 Å². The van der Waals surface area contributed by atoms with Gasteiger partial charge in [0, 0.05) is 6.04 Å². The molecular weight excluding hydrogens is 221 g/mol. The number of nitrogens with one attached hydrogen (secondary N) is 1. The van der Waals surface area contributed by atoms with Gasteiger partial charge in [0.15, 0.2) is 0 Å². The van der Waals surface area contributed by atoms with Crippen molar-refractivity contribution in [1.82, 2.24) is 10.2 Å². The average Bonchev–Trinajstić information content (AvgIpc) is 2.62. The van der Waals surface area contributed by atoms with E-state index in [0.717, 1.165) is 4.90 Å². The standard InChI is InChI=1S/C10H15F3N2O/c1-14-7-4-2-6-3-5-8(10(11,12)13)15(6)9(7)16/h6-8,14H,2-5H2,1H3/t6-,7-,8-/m0/s1. The summed E-state index contributed by atoms with van der Waals surface area (Å²) in [5.41, 5.74) is 0. The van der Waals surface area contributed by atoms with Gasteiger partial charge in [0.2, 0.25) is 5.91 Å². The Morgan fingerprint density at radius 1 is 1.25 bits per heavy atom. The van der Waals surface area contributed by atoms with Gasteiger partial charge in [-0.3, -0.25) is 4.79 Å². The largest absolute Gasteiger partial charge is 0.408 e. The van der Waals surface area contributed by atoms with Gasteiger partial charge < -0.3 is 10.2 Å². The number of nitrogens with zero attached hydrogens (tertiary/aromatic N) is 1. The monoisotopic (exact) mass is 236 g/mol. The number of hydrogen-bond acceptors (Lipinski definition) is 2. The minimum Gasteiger partial charge on any atom is -0.326 e. The third-order valence-electron chi connectivity index (χ3n) is 3.57. The Morgan fingerprint density at radius 2 is 1.88 bits per heavy atom. The first kappa shape index (κ1) is 11.7. The van der Waals surface area contributed by atoms with Crippen molar-refractivity contribution >= 4 is 5.91 Å². The highest BCUT2D eigenvalue weighted by molar-refractivity contribution is 5.83. The number of halogens is 3. The number of carbonyl (C=O) groups is 1. The fraction of sp³-hybridized carbons (Fsp3) is 0.900. The second-order valence-corrected chi connectivity index (χ2v) is 4.45. The van der Waals surface area contributed by atoms with Crippen LogP contribution in [0.25, 0.3) is 0 Å². The lowest BCUT2D eigenvalue weighted by Gasteiger charge is -2.38. The zero-order valence-corrected chi connectivity index (χ0v) is 9.05. The fourth-order valence-electron chi connectivity index (χ4n) is 2.75. The molecule has 2 aliphatic heterocycles. The van der Waals surface area contributed by atoms with E-state index < -0.39 is 24.2 Å². The molecule has 0 aliphatic carbocycles. The molecule has 2 heterocycles. The summed E-state index contributed by atoms with van der Waals surface area (Å²) in [6.45, 7) is 0. The SMILES string of the molecule is CN[C@H]1CC[C@H]2CC[C@@H](C(F)(F)F)N2C1=O. The van der Waals surface area contributed by atoms with E-state index in [1.54, 1.807) is 7.05 Å². The molecule has 0 spiro atoms. The molecule has 0 saturated carbocycles. The predicted molar refractivity (Wildman–Crippen MR) is 51.8 cm³/mol. The summed E-state index contributed by atoms with van der Waals surface area (Å²) in [4.78, 5) is 12.9. The molecule has 2 fully saturated rings. The molecule has 0 aromatic heterocycles. The maximum Gasteiger partial charge on any atom is 0.408 e. The molecule has 2 saturated heterocycles. The number of piperidine rings is 1. The van der Waals surface area contributed by atoms with Gasteiger partial charge in [-0.2, -0.15) is 13.2 Å². The molecule has 1 amide bonds. The van der Waals surface area contributed by atoms with Crippen LogP contribution in [0.5, 0.6) is 0 Å². The Kier molecular flexibility index (Phi) is 2.86. The van der Waals surface area contributed by atoms with Gasteiger partial charge in [-0.05, 0) is 32.7 Å². The Bertz CT molecular complexity index is 292. The molecule has 16 heavy (non-hydrogen) atoms. The van der Waals surface area contributed by atoms with Crippen LogP contribution in [0.3, 0.4) is 0 Å². The first-order chi connectivity index (χ1) is 7.45. The van der Waals surface area contributed by atoms with Gasteiger partial charge >= 0.3 is 6.18 Å². The first-order valence-corrected chi connectivity index (χ1v) is 5.51. The molecule has 0 unspecified atom stereocenters. The smallest absolute Gasteiger partial charge is 0.326 e. The molecule has 3 atom stereocenters. The predicted octanol–water partition coefficient (Wildman–Crippen LogP) is 1.29. The molecular formula is C10H15F3N2O. The minimum atomic E-state index is -4.29. The second-order valence-electron chi connectivity index (χ2n) is 4.45. The molecule has 2 aliphatic rings. The summed E-state index contributed by atoms with van der Waals surface area (Å²) in [6.07, 6.45) is -2.45. The van der Waals surface area contributed by atoms with Crippen molar-refractivity contribution in [1.29, 1.82) is 0 Å². The van der Waals surface area contributed by atoms with Gasteiger partial charge in [0.25, 0.3) is 0 Å². The van der Waals surface area contributed by atoms with Crippen molar-refractivity contribution in [3.05, 3.63) is 0 Å². The van der Waals surface area contributed by atoms with Gasteiger partial charge in [0.05, 0.1) is 6.04 Å². The summed E-state index contributed by atoms with van der Waals surface area (Å²) < 4.78 is 38.2. The number of rotatable bonds is 1. The summed E-state index contributed by atoms with van der Waals surface area (Å²) in [7, 11) is 1.61. The number of fused-ring (bicyclic) bond motifs is 1. The molecule has 0 radical (unpaired) electrons. The first-order valence-electron chi connectivity index (χ1n) is 5.51. The molecule has 92 valence electrons. The van der Waals surface area contributed by atoms with Gasteiger partial charge in [-0.15, -0.1) is 0 Å². The quantitative estimate of drug-likeness (QED) is 0.744. The fourth-order valence-corrected chi connectivity index (χ4v) is 2.75. The lowest BCUT2D eigenvalue weighted by atomic mass is 9.98. The van der Waals surface area contributed by atoms with Crippen molar-refractivity contribution in [3.63, 3.8) is 0 Å². The molecule has 1 N–H and O–H groups in total. The zero-order chi connectivity index (χ0) is 11.9. The molecule has 2 rings (SSSR count). The normalized spacial score (nSPS) is 35.4. The van der Waals surface area contributed by atoms with Crippen LogP contribution in [-0.2, 0) is 4.79 Å². The molecule has 0 bridgehead atoms. The van der Waals surface area contributed by atoms with Crippen molar-refractivity contribution in [2.45, 2.75) is 50.0 Å². The third-order valence-corrected chi connectivity index (χ3v) is 3.57. The summed E-state index contributed by atoms with van der Waals surface area (Å²) in [5, 5.41) is 2.78. The maximum absolute atomic E-state index is 12.7. The Labute approximate surface area is 92.0 Å². The van der Waals surface area contributed by atoms with Crippen LogP contribution in [0, 0.1) is 0 Å². The molecule has 0 aromatic carbocycles. The summed E-state index contributed by atoms with van der Waals surface area (Å²) in [5.74, 6) is -0.390. The van der Waals surface area contributed by atoms with Gasteiger partial charge in [-0.1, -0.05) is 0 Å². The van der Waals surface area contributed by atoms with Crippen LogP contribution in [-0.4, -0.2) is 42.2 Å². The van der Waals surface area contributed by atoms with Crippen LogP contribution < -0.4 is 5.32 Å². The summed E-state index contributed by atoms with van der Waals surface area (Å²) in [6, 6.07) is -2.22. The Hall–Kier alpha value is -0.780. The maximum atomic E-state index is 12.7. The van der Waals surface area contributed by atoms with Crippen LogP contribution in [0.2, 0.25) is 0 Å². The molecule has 3 nitrogen and oxygen atoms in total. The van der Waals surface area contributed by atoms with E-state index in [2.05, 4.69) is 5.32 Å². The van der Waals surface area contributed by atoms with Crippen LogP contribution in [0.15, 0.2) is 0 Å². The number of carbonyl (C=O) groups excluding carboxylic acids is 1. The van der Waals surface area contributed by atoms with Crippen molar-refractivity contribution in [2.75, 3.05) is 7.05 Å². The minimum absolute atomic E-state index is 0.0519. The highest BCUT2D eigenvalue weighted by Gasteiger charge is 2.53. The van der Waals surface area contributed by atoms with E-state index >= 15 is 0 Å². The lowest BCUT2D eigenvalue weighted by molar-refractivity contribution is -0.189. The highest BCUT2D eigenvalue weighted by Crippen LogP contribution is 2.39. The van der Waals surface area contributed by atoms with E-state index in [1.165, 1.54) is 0 Å². The molecule has 0 aromatic rings. The van der Waals surface area contributed by atoms with Gasteiger partial charge in [-0.25, -0.2) is 0 Å². The number of alkyl halides is 3. The van der Waals surface area contributed by atoms with E-state index in [1.807, 2.05) is 0 Å². The number of amides is 1. The van der Waals surface area contributed by atoms with Crippen LogP contribution in [0.4, 0.5) is 13.2 Å². The lowest BCUT2D eigenvalue weighted by Crippen LogP contribution is -2.57. The van der Waals surface area contributed by atoms with E-state index in [4.69, 9.17) is 0 Å². The number of hydrogen-bond donors (Lipinski definition) is 1. The Balaban J connectivity index is 2.19. The van der Waals surface area contributed by atoms with E-state index in [0.29, 0.717) is 19.3 Å². The number of likely N-dealkylation sites (N-methyl/N-ethyl adjacent to an activating group) is 1. The van der Waals surface area contributed by atoms with Gasteiger partial charge in [0.1, 0.15) is 6.04 Å². The van der Waals surface area contributed by atoms with E-state index in [-0.39, 0.29) is 12.5 Å². The van der Waals surface area contributed by atoms with Crippen LogP contribution in [0.1, 0.15) is 25.7 Å². The second kappa shape index (κ2) is 3.91. The highest BCUT2D eigenvalue weighted by atomic mass is 19.4. The van der Waals surface area contributed by atoms with E-state index in [9.17, 15) is 18.0 Å². The van der Waals surface area contributed by atoms with Crippen molar-refractivity contribution in [3.8, 4) is 0 Å². The summed E-state index contributed by atoms with van der Waals surface area (Å²) >= 11 is 0. The molecule has 6 heteroatoms.